The van der Waals surface area contributed by atoms with E-state index in [2.05, 4.69) is 0 Å². The van der Waals surface area contributed by atoms with E-state index < -0.39 is 0 Å². The zero-order chi connectivity index (χ0) is 22.5. The molecule has 1 aromatic carbocycles. The van der Waals surface area contributed by atoms with Crippen molar-refractivity contribution in [3.8, 4) is 0 Å². The lowest BCUT2D eigenvalue weighted by Gasteiger charge is -2.40. The van der Waals surface area contributed by atoms with Crippen LogP contribution in [-0.2, 0) is 11.2 Å². The number of carbonyl (C=O) groups excluding carboxylic acids is 2. The molecule has 1 atom stereocenters. The molecule has 4 rings (SSSR count). The van der Waals surface area contributed by atoms with Crippen molar-refractivity contribution in [2.24, 2.45) is 11.8 Å². The number of thiophene rings is 1. The monoisotopic (exact) mass is 456 g/mol. The number of hydrogen-bond donors (Lipinski definition) is 0. The summed E-state index contributed by atoms with van der Waals surface area (Å²) in [6.07, 6.45) is 7.72. The highest BCUT2D eigenvalue weighted by Crippen LogP contribution is 2.31. The number of amides is 2. The molecule has 1 aliphatic heterocycles. The lowest BCUT2D eigenvalue weighted by molar-refractivity contribution is -0.133. The standard InChI is InChI=1S/C26H33FN2O2S/c1-28(26(31)22-12-15-32-18-22)24(17-21-8-4-5-9-23(21)27)20-10-13-29(14-11-20)25(30)16-19-6-2-3-7-19/h4-5,8-9,12,15,18-20,24H,2-3,6-7,10-11,13-14,16-17H2,1H3. The van der Waals surface area contributed by atoms with E-state index in [1.54, 1.807) is 11.0 Å². The fourth-order valence-electron chi connectivity index (χ4n) is 5.37. The van der Waals surface area contributed by atoms with Crippen LogP contribution in [0.5, 0.6) is 0 Å². The molecule has 1 aromatic heterocycles. The number of benzene rings is 1. The van der Waals surface area contributed by atoms with Crippen LogP contribution in [0.4, 0.5) is 4.39 Å². The Morgan fingerprint density at radius 1 is 1.12 bits per heavy atom. The minimum atomic E-state index is -0.224. The van der Waals surface area contributed by atoms with Gasteiger partial charge >= 0.3 is 0 Å². The van der Waals surface area contributed by atoms with Gasteiger partial charge in [-0.25, -0.2) is 4.39 Å². The van der Waals surface area contributed by atoms with E-state index in [1.807, 2.05) is 40.9 Å². The maximum atomic E-state index is 14.5. The predicted molar refractivity (Wildman–Crippen MR) is 126 cm³/mol. The molecular weight excluding hydrogens is 423 g/mol. The summed E-state index contributed by atoms with van der Waals surface area (Å²) >= 11 is 1.50. The van der Waals surface area contributed by atoms with Gasteiger partial charge in [0.1, 0.15) is 5.82 Å². The molecule has 1 unspecified atom stereocenters. The van der Waals surface area contributed by atoms with Crippen molar-refractivity contribution < 1.29 is 14.0 Å². The van der Waals surface area contributed by atoms with Crippen molar-refractivity contribution in [3.05, 3.63) is 58.0 Å². The summed E-state index contributed by atoms with van der Waals surface area (Å²) in [4.78, 5) is 29.7. The average Bonchev–Trinajstić information content (AvgIpc) is 3.52. The van der Waals surface area contributed by atoms with Crippen molar-refractivity contribution in [1.29, 1.82) is 0 Å². The van der Waals surface area contributed by atoms with Gasteiger partial charge in [-0.2, -0.15) is 11.3 Å². The zero-order valence-electron chi connectivity index (χ0n) is 18.8. The van der Waals surface area contributed by atoms with Gasteiger partial charge in [0.15, 0.2) is 0 Å². The largest absolute Gasteiger partial charge is 0.343 e. The number of rotatable bonds is 7. The Kier molecular flexibility index (Phi) is 7.61. The van der Waals surface area contributed by atoms with E-state index in [-0.39, 0.29) is 29.6 Å². The molecule has 2 aromatic rings. The molecule has 4 nitrogen and oxygen atoms in total. The molecule has 2 amide bonds. The maximum absolute atomic E-state index is 14.5. The number of nitrogens with zero attached hydrogens (tertiary/aromatic N) is 2. The van der Waals surface area contributed by atoms with E-state index in [4.69, 9.17) is 0 Å². The number of piperidine rings is 1. The van der Waals surface area contributed by atoms with Crippen molar-refractivity contribution >= 4 is 23.2 Å². The second-order valence-corrected chi connectivity index (χ2v) is 10.1. The van der Waals surface area contributed by atoms with Crippen molar-refractivity contribution in [3.63, 3.8) is 0 Å². The SMILES string of the molecule is CN(C(=O)c1ccsc1)C(Cc1ccccc1F)C1CCN(C(=O)CC2CCCC2)CC1. The van der Waals surface area contributed by atoms with E-state index in [0.717, 1.165) is 25.9 Å². The van der Waals surface area contributed by atoms with Gasteiger partial charge in [0.2, 0.25) is 5.91 Å². The minimum Gasteiger partial charge on any atom is -0.343 e. The molecule has 2 aliphatic rings. The first-order valence-electron chi connectivity index (χ1n) is 11.8. The third-order valence-electron chi connectivity index (χ3n) is 7.35. The molecule has 2 heterocycles. The van der Waals surface area contributed by atoms with Gasteiger partial charge in [0.05, 0.1) is 5.56 Å². The van der Waals surface area contributed by atoms with E-state index in [1.165, 1.54) is 43.1 Å². The van der Waals surface area contributed by atoms with E-state index in [0.29, 0.717) is 29.9 Å². The molecule has 32 heavy (non-hydrogen) atoms. The third kappa shape index (κ3) is 5.40. The first-order valence-corrected chi connectivity index (χ1v) is 12.8. The summed E-state index contributed by atoms with van der Waals surface area (Å²) in [5.41, 5.74) is 1.32. The van der Waals surface area contributed by atoms with Crippen LogP contribution < -0.4 is 0 Å². The van der Waals surface area contributed by atoms with Crippen LogP contribution >= 0.6 is 11.3 Å². The average molecular weight is 457 g/mol. The van der Waals surface area contributed by atoms with Crippen LogP contribution in [0, 0.1) is 17.7 Å². The van der Waals surface area contributed by atoms with Crippen molar-refractivity contribution in [2.45, 2.75) is 57.4 Å². The Morgan fingerprint density at radius 3 is 2.50 bits per heavy atom. The molecule has 0 radical (unpaired) electrons. The van der Waals surface area contributed by atoms with Crippen LogP contribution in [0.2, 0.25) is 0 Å². The van der Waals surface area contributed by atoms with Gasteiger partial charge in [0, 0.05) is 38.0 Å². The summed E-state index contributed by atoms with van der Waals surface area (Å²) in [6, 6.07) is 8.58. The van der Waals surface area contributed by atoms with Crippen LogP contribution in [-0.4, -0.2) is 47.8 Å². The molecule has 172 valence electrons. The van der Waals surface area contributed by atoms with E-state index in [9.17, 15) is 14.0 Å². The number of likely N-dealkylation sites (tertiary alicyclic amines) is 1. The van der Waals surface area contributed by atoms with Gasteiger partial charge in [-0.15, -0.1) is 0 Å². The van der Waals surface area contributed by atoms with Gasteiger partial charge in [-0.05, 0) is 67.0 Å². The molecule has 0 bridgehead atoms. The summed E-state index contributed by atoms with van der Waals surface area (Å²) in [6.45, 7) is 1.45. The molecule has 1 saturated heterocycles. The minimum absolute atomic E-state index is 0.0210. The van der Waals surface area contributed by atoms with E-state index >= 15 is 0 Å². The first kappa shape index (κ1) is 23.0. The van der Waals surface area contributed by atoms with Gasteiger partial charge < -0.3 is 9.80 Å². The summed E-state index contributed by atoms with van der Waals surface area (Å²) in [5, 5.41) is 3.77. The number of likely N-dealkylation sites (N-methyl/N-ethyl adjacent to an activating group) is 1. The molecule has 2 fully saturated rings. The molecule has 6 heteroatoms. The second-order valence-electron chi connectivity index (χ2n) is 9.36. The molecule has 1 aliphatic carbocycles. The zero-order valence-corrected chi connectivity index (χ0v) is 19.7. The van der Waals surface area contributed by atoms with Gasteiger partial charge in [-0.3, -0.25) is 9.59 Å². The lowest BCUT2D eigenvalue weighted by atomic mass is 9.84. The number of hydrogen-bond acceptors (Lipinski definition) is 3. The summed E-state index contributed by atoms with van der Waals surface area (Å²) in [7, 11) is 1.84. The highest BCUT2D eigenvalue weighted by Gasteiger charge is 2.34. The van der Waals surface area contributed by atoms with Gasteiger partial charge in [0.25, 0.3) is 5.91 Å². The second kappa shape index (κ2) is 10.6. The quantitative estimate of drug-likeness (QED) is 0.561. The smallest absolute Gasteiger partial charge is 0.254 e. The topological polar surface area (TPSA) is 40.6 Å². The van der Waals surface area contributed by atoms with Crippen LogP contribution in [0.15, 0.2) is 41.1 Å². The Bertz CT molecular complexity index is 902. The Labute approximate surface area is 194 Å². The van der Waals surface area contributed by atoms with Crippen molar-refractivity contribution in [1.82, 2.24) is 9.80 Å². The highest BCUT2D eigenvalue weighted by molar-refractivity contribution is 7.08. The number of carbonyl (C=O) groups is 2. The van der Waals surface area contributed by atoms with Crippen molar-refractivity contribution in [2.75, 3.05) is 20.1 Å². The van der Waals surface area contributed by atoms with Gasteiger partial charge in [-0.1, -0.05) is 31.0 Å². The molecule has 1 saturated carbocycles. The molecule has 0 N–H and O–H groups in total. The Hall–Kier alpha value is -2.21. The first-order chi connectivity index (χ1) is 15.5. The fourth-order valence-corrected chi connectivity index (χ4v) is 6.00. The molecular formula is C26H33FN2O2S. The highest BCUT2D eigenvalue weighted by atomic mass is 32.1. The fraction of sp³-hybridized carbons (Fsp3) is 0.538. The molecule has 0 spiro atoms. The predicted octanol–water partition coefficient (Wildman–Crippen LogP) is 5.39. The Balaban J connectivity index is 1.44. The lowest BCUT2D eigenvalue weighted by Crippen LogP contribution is -2.48. The summed E-state index contributed by atoms with van der Waals surface area (Å²) < 4.78 is 14.5. The number of halogens is 1. The maximum Gasteiger partial charge on any atom is 0.254 e. The summed E-state index contributed by atoms with van der Waals surface area (Å²) in [5.74, 6) is 0.829. The van der Waals surface area contributed by atoms with Crippen LogP contribution in [0.25, 0.3) is 0 Å². The Morgan fingerprint density at radius 2 is 1.84 bits per heavy atom. The van der Waals surface area contributed by atoms with Crippen LogP contribution in [0.3, 0.4) is 0 Å². The van der Waals surface area contributed by atoms with Crippen LogP contribution in [0.1, 0.15) is 60.9 Å². The normalized spacial score (nSPS) is 18.6. The third-order valence-corrected chi connectivity index (χ3v) is 8.03.